The number of rotatable bonds is 10. The molecule has 1 N–H and O–H groups in total. The Labute approximate surface area is 172 Å². The van der Waals surface area contributed by atoms with E-state index in [9.17, 15) is 4.79 Å². The van der Waals surface area contributed by atoms with Crippen LogP contribution in [0.15, 0.2) is 60.7 Å². The maximum Gasteiger partial charge on any atom is 0.246 e. The predicted molar refractivity (Wildman–Crippen MR) is 117 cm³/mol. The molecule has 3 rings (SSSR count). The largest absolute Gasteiger partial charge is 0.492 e. The van der Waals surface area contributed by atoms with Crippen LogP contribution in [0.5, 0.6) is 5.75 Å². The maximum atomic E-state index is 11.6. The second-order valence-corrected chi connectivity index (χ2v) is 7.15. The second kappa shape index (κ2) is 9.92. The van der Waals surface area contributed by atoms with E-state index in [0.29, 0.717) is 18.7 Å². The zero-order valence-corrected chi connectivity index (χ0v) is 17.3. The summed E-state index contributed by atoms with van der Waals surface area (Å²) in [5.41, 5.74) is 3.93. The smallest absolute Gasteiger partial charge is 0.246 e. The zero-order chi connectivity index (χ0) is 20.6. The van der Waals surface area contributed by atoms with E-state index in [0.717, 1.165) is 48.4 Å². The molecule has 5 heteroatoms. The van der Waals surface area contributed by atoms with Crippen LogP contribution < -0.4 is 10.1 Å². The van der Waals surface area contributed by atoms with Gasteiger partial charge in [0.25, 0.3) is 0 Å². The molecule has 0 unspecified atom stereocenters. The van der Waals surface area contributed by atoms with Gasteiger partial charge < -0.3 is 14.6 Å². The number of imidazole rings is 1. The third-order valence-electron chi connectivity index (χ3n) is 4.90. The Hall–Kier alpha value is -3.08. The Morgan fingerprint density at radius 1 is 1.17 bits per heavy atom. The summed E-state index contributed by atoms with van der Waals surface area (Å²) in [6.07, 6.45) is 2.63. The number of carbonyl (C=O) groups is 1. The minimum absolute atomic E-state index is 0.0963. The number of aryl methyl sites for hydroxylation is 2. The van der Waals surface area contributed by atoms with Crippen LogP contribution in [-0.2, 0) is 24.2 Å². The summed E-state index contributed by atoms with van der Waals surface area (Å²) in [5.74, 6) is 1.80. The zero-order valence-electron chi connectivity index (χ0n) is 17.3. The third kappa shape index (κ3) is 5.47. The second-order valence-electron chi connectivity index (χ2n) is 7.15. The maximum absolute atomic E-state index is 11.6. The number of ether oxygens (including phenoxy) is 1. The standard InChI is InChI=1S/C24H29N3O2/c1-4-19-11-13-20(14-12-19)29-17-16-27-22-9-6-5-8-21(22)26-23(27)10-7-15-25-24(28)18(2)3/h5-6,8-9,11-14H,2,4,7,10,15-17H2,1,3H3,(H,25,28). The summed E-state index contributed by atoms with van der Waals surface area (Å²) in [6.45, 7) is 9.42. The van der Waals surface area contributed by atoms with E-state index in [2.05, 4.69) is 41.6 Å². The molecule has 1 heterocycles. The molecular weight excluding hydrogens is 362 g/mol. The lowest BCUT2D eigenvalue weighted by Crippen LogP contribution is -2.25. The topological polar surface area (TPSA) is 56.2 Å². The van der Waals surface area contributed by atoms with E-state index in [1.165, 1.54) is 5.56 Å². The Kier molecular flexibility index (Phi) is 7.06. The first kappa shape index (κ1) is 20.6. The number of nitrogens with one attached hydrogen (secondary N) is 1. The van der Waals surface area contributed by atoms with Gasteiger partial charge in [0.2, 0.25) is 5.91 Å². The van der Waals surface area contributed by atoms with Gasteiger partial charge in [-0.05, 0) is 49.6 Å². The summed E-state index contributed by atoms with van der Waals surface area (Å²) >= 11 is 0. The molecule has 5 nitrogen and oxygen atoms in total. The Morgan fingerprint density at radius 2 is 1.93 bits per heavy atom. The lowest BCUT2D eigenvalue weighted by Gasteiger charge is -2.11. The SMILES string of the molecule is C=C(C)C(=O)NCCCc1nc2ccccc2n1CCOc1ccc(CC)cc1. The fourth-order valence-electron chi connectivity index (χ4n) is 3.24. The molecule has 0 aliphatic heterocycles. The van der Waals surface area contributed by atoms with Gasteiger partial charge in [0.1, 0.15) is 18.2 Å². The average molecular weight is 392 g/mol. The number of carbonyl (C=O) groups excluding carboxylic acids is 1. The van der Waals surface area contributed by atoms with E-state index < -0.39 is 0 Å². The van der Waals surface area contributed by atoms with Crippen molar-refractivity contribution in [2.45, 2.75) is 39.7 Å². The lowest BCUT2D eigenvalue weighted by molar-refractivity contribution is -0.117. The molecule has 2 aromatic carbocycles. The molecule has 0 fully saturated rings. The van der Waals surface area contributed by atoms with Crippen LogP contribution in [0.4, 0.5) is 0 Å². The molecule has 0 saturated carbocycles. The molecule has 152 valence electrons. The fraction of sp³-hybridized carbons (Fsp3) is 0.333. The predicted octanol–water partition coefficient (Wildman–Crippen LogP) is 4.30. The molecule has 0 radical (unpaired) electrons. The Balaban J connectivity index is 1.63. The van der Waals surface area contributed by atoms with Crippen LogP contribution in [0.3, 0.4) is 0 Å². The Bertz CT molecular complexity index is 973. The van der Waals surface area contributed by atoms with Gasteiger partial charge in [-0.1, -0.05) is 37.8 Å². The van der Waals surface area contributed by atoms with Crippen molar-refractivity contribution < 1.29 is 9.53 Å². The van der Waals surface area contributed by atoms with E-state index in [4.69, 9.17) is 9.72 Å². The molecule has 0 atom stereocenters. The van der Waals surface area contributed by atoms with Crippen LogP contribution >= 0.6 is 0 Å². The highest BCUT2D eigenvalue weighted by Gasteiger charge is 2.11. The molecule has 0 aliphatic carbocycles. The first-order chi connectivity index (χ1) is 14.1. The van der Waals surface area contributed by atoms with Gasteiger partial charge in [0.05, 0.1) is 17.6 Å². The van der Waals surface area contributed by atoms with Gasteiger partial charge in [0, 0.05) is 18.5 Å². The van der Waals surface area contributed by atoms with Crippen molar-refractivity contribution in [2.75, 3.05) is 13.2 Å². The van der Waals surface area contributed by atoms with Crippen molar-refractivity contribution in [3.05, 3.63) is 72.1 Å². The van der Waals surface area contributed by atoms with Crippen molar-refractivity contribution in [3.63, 3.8) is 0 Å². The molecular formula is C24H29N3O2. The molecule has 1 amide bonds. The highest BCUT2D eigenvalue weighted by Crippen LogP contribution is 2.18. The van der Waals surface area contributed by atoms with Crippen molar-refractivity contribution >= 4 is 16.9 Å². The number of hydrogen-bond acceptors (Lipinski definition) is 3. The number of nitrogens with zero attached hydrogens (tertiary/aromatic N) is 2. The summed E-state index contributed by atoms with van der Waals surface area (Å²) in [6, 6.07) is 16.4. The monoisotopic (exact) mass is 391 g/mol. The quantitative estimate of drug-likeness (QED) is 0.414. The van der Waals surface area contributed by atoms with Gasteiger partial charge in [-0.25, -0.2) is 4.98 Å². The normalized spacial score (nSPS) is 10.8. The van der Waals surface area contributed by atoms with Crippen LogP contribution in [0, 0.1) is 0 Å². The van der Waals surface area contributed by atoms with Gasteiger partial charge >= 0.3 is 0 Å². The van der Waals surface area contributed by atoms with Gasteiger partial charge in [0.15, 0.2) is 0 Å². The minimum Gasteiger partial charge on any atom is -0.492 e. The molecule has 1 aromatic heterocycles. The van der Waals surface area contributed by atoms with Crippen LogP contribution in [-0.4, -0.2) is 28.6 Å². The van der Waals surface area contributed by atoms with E-state index in [1.807, 2.05) is 30.3 Å². The molecule has 0 spiro atoms. The lowest BCUT2D eigenvalue weighted by atomic mass is 10.2. The van der Waals surface area contributed by atoms with Crippen molar-refractivity contribution in [1.82, 2.24) is 14.9 Å². The average Bonchev–Trinajstić information content (AvgIpc) is 3.09. The first-order valence-corrected chi connectivity index (χ1v) is 10.2. The molecule has 29 heavy (non-hydrogen) atoms. The summed E-state index contributed by atoms with van der Waals surface area (Å²) < 4.78 is 8.17. The van der Waals surface area contributed by atoms with E-state index >= 15 is 0 Å². The highest BCUT2D eigenvalue weighted by molar-refractivity contribution is 5.92. The number of amides is 1. The van der Waals surface area contributed by atoms with Gasteiger partial charge in [-0.15, -0.1) is 0 Å². The fourth-order valence-corrected chi connectivity index (χ4v) is 3.24. The van der Waals surface area contributed by atoms with E-state index in [1.54, 1.807) is 6.92 Å². The molecule has 0 aliphatic rings. The first-order valence-electron chi connectivity index (χ1n) is 10.2. The van der Waals surface area contributed by atoms with Gasteiger partial charge in [-0.2, -0.15) is 0 Å². The number of para-hydroxylation sites is 2. The third-order valence-corrected chi connectivity index (χ3v) is 4.90. The summed E-state index contributed by atoms with van der Waals surface area (Å²) in [4.78, 5) is 16.4. The summed E-state index contributed by atoms with van der Waals surface area (Å²) in [7, 11) is 0. The number of benzene rings is 2. The number of aromatic nitrogens is 2. The summed E-state index contributed by atoms with van der Waals surface area (Å²) in [5, 5.41) is 2.88. The van der Waals surface area contributed by atoms with Crippen LogP contribution in [0.1, 0.15) is 31.7 Å². The molecule has 3 aromatic rings. The van der Waals surface area contributed by atoms with Crippen molar-refractivity contribution in [3.8, 4) is 5.75 Å². The molecule has 0 bridgehead atoms. The Morgan fingerprint density at radius 3 is 2.66 bits per heavy atom. The van der Waals surface area contributed by atoms with E-state index in [-0.39, 0.29) is 5.91 Å². The van der Waals surface area contributed by atoms with Gasteiger partial charge in [-0.3, -0.25) is 4.79 Å². The van der Waals surface area contributed by atoms with Crippen molar-refractivity contribution in [1.29, 1.82) is 0 Å². The highest BCUT2D eigenvalue weighted by atomic mass is 16.5. The molecule has 0 saturated heterocycles. The number of fused-ring (bicyclic) bond motifs is 1. The minimum atomic E-state index is -0.0963. The van der Waals surface area contributed by atoms with Crippen LogP contribution in [0.25, 0.3) is 11.0 Å². The van der Waals surface area contributed by atoms with Crippen molar-refractivity contribution in [2.24, 2.45) is 0 Å². The van der Waals surface area contributed by atoms with Crippen LogP contribution in [0.2, 0.25) is 0 Å². The number of hydrogen-bond donors (Lipinski definition) is 1.